The van der Waals surface area contributed by atoms with Crippen molar-refractivity contribution in [1.82, 2.24) is 0 Å². The zero-order valence-corrected chi connectivity index (χ0v) is 12.9. The van der Waals surface area contributed by atoms with Crippen molar-refractivity contribution in [3.8, 4) is 0 Å². The van der Waals surface area contributed by atoms with Crippen LogP contribution < -0.4 is 0 Å². The molecular weight excluding hydrogens is 413 g/mol. The first-order valence-electron chi connectivity index (χ1n) is 4.57. The van der Waals surface area contributed by atoms with Gasteiger partial charge in [0.25, 0.3) is 0 Å². The number of hydrogen-bond donors (Lipinski definition) is 1. The Hall–Kier alpha value is -0.430. The zero-order valence-electron chi connectivity index (χ0n) is 8.51. The molecule has 0 unspecified atom stereocenters. The summed E-state index contributed by atoms with van der Waals surface area (Å²) in [5.74, 6) is -1.13. The van der Waals surface area contributed by atoms with Gasteiger partial charge < -0.3 is 5.11 Å². The van der Waals surface area contributed by atoms with Gasteiger partial charge in [0.15, 0.2) is 21.2 Å². The van der Waals surface area contributed by atoms with Crippen LogP contribution in [0.2, 0.25) is 15.1 Å². The fourth-order valence-electron chi connectivity index (χ4n) is 1.55. The highest BCUT2D eigenvalue weighted by atomic mass is 127. The van der Waals surface area contributed by atoms with Crippen molar-refractivity contribution in [2.45, 2.75) is 0 Å². The number of carboxylic acids is 1. The summed E-state index contributed by atoms with van der Waals surface area (Å²) in [4.78, 5) is 11.0. The third kappa shape index (κ3) is 2.34. The number of aromatic carboxylic acids is 1. The van der Waals surface area contributed by atoms with E-state index in [2.05, 4.69) is 0 Å². The lowest BCUT2D eigenvalue weighted by Gasteiger charge is -2.07. The predicted octanol–water partition coefficient (Wildman–Crippen LogP) is 4.98. The zero-order chi connectivity index (χ0) is 13.4. The smallest absolute Gasteiger partial charge is 0.336 e. The number of rotatable bonds is 2. The second kappa shape index (κ2) is 5.28. The maximum absolute atomic E-state index is 11.1. The summed E-state index contributed by atoms with van der Waals surface area (Å²) in [7, 11) is 0. The molecule has 1 N–H and O–H groups in total. The van der Waals surface area contributed by atoms with E-state index in [0.29, 0.717) is 10.8 Å². The molecule has 2 aromatic carbocycles. The third-order valence-electron chi connectivity index (χ3n) is 2.37. The first-order chi connectivity index (χ1) is 8.45. The van der Waals surface area contributed by atoms with Crippen LogP contribution in [0.25, 0.3) is 10.8 Å². The van der Waals surface area contributed by atoms with E-state index in [4.69, 9.17) is 39.9 Å². The van der Waals surface area contributed by atoms with Gasteiger partial charge in [0.2, 0.25) is 0 Å². The highest BCUT2D eigenvalue weighted by molar-refractivity contribution is 14.1. The van der Waals surface area contributed by atoms with Gasteiger partial charge in [-0.05, 0) is 23.6 Å². The van der Waals surface area contributed by atoms with Crippen LogP contribution >= 0.6 is 56.0 Å². The molecule has 0 aliphatic heterocycles. The van der Waals surface area contributed by atoms with Gasteiger partial charge in [0.1, 0.15) is 0 Å². The molecule has 0 atom stereocenters. The summed E-state index contributed by atoms with van der Waals surface area (Å²) in [5.41, 5.74) is -0.000226. The highest BCUT2D eigenvalue weighted by Crippen LogP contribution is 2.38. The monoisotopic (exact) mass is 416 g/mol. The molecule has 2 aromatic rings. The van der Waals surface area contributed by atoms with Crippen molar-refractivity contribution in [2.24, 2.45) is 0 Å². The largest absolute Gasteiger partial charge is 0.478 e. The maximum atomic E-state index is 11.1. The van der Waals surface area contributed by atoms with Crippen LogP contribution in [0.1, 0.15) is 10.4 Å². The molecule has 0 saturated heterocycles. The Morgan fingerprint density at radius 2 is 1.78 bits per heavy atom. The minimum Gasteiger partial charge on any atom is -0.478 e. The van der Waals surface area contributed by atoms with Crippen molar-refractivity contribution in [2.75, 3.05) is 0 Å². The van der Waals surface area contributed by atoms with E-state index in [1.54, 1.807) is 0 Å². The number of fused-ring (bicyclic) bond motifs is 1. The highest BCUT2D eigenvalue weighted by Gasteiger charge is 2.16. The summed E-state index contributed by atoms with van der Waals surface area (Å²) in [6, 6.07) is 4.42. The molecule has 0 spiro atoms. The summed E-state index contributed by atoms with van der Waals surface area (Å²) >= 11 is 16.2. The molecule has 2 rings (SSSR count). The Balaban J connectivity index is 2.92. The summed E-state index contributed by atoms with van der Waals surface area (Å²) < 4.78 is 11.4. The van der Waals surface area contributed by atoms with Gasteiger partial charge >= 0.3 is 5.97 Å². The molecule has 0 aliphatic rings. The molecule has 3 nitrogen and oxygen atoms in total. The number of carbonyl (C=O) groups is 1. The molecule has 0 fully saturated rings. The minimum absolute atomic E-state index is 0.000226. The Morgan fingerprint density at radius 1 is 1.11 bits per heavy atom. The molecule has 18 heavy (non-hydrogen) atoms. The van der Waals surface area contributed by atoms with E-state index in [1.807, 2.05) is 0 Å². The van der Waals surface area contributed by atoms with E-state index in [1.165, 1.54) is 18.2 Å². The van der Waals surface area contributed by atoms with E-state index in [9.17, 15) is 7.86 Å². The van der Waals surface area contributed by atoms with Crippen molar-refractivity contribution in [3.63, 3.8) is 0 Å². The van der Waals surface area contributed by atoms with Crippen LogP contribution in [0, 0.1) is 3.57 Å². The van der Waals surface area contributed by atoms with E-state index < -0.39 is 27.2 Å². The van der Waals surface area contributed by atoms with Crippen LogP contribution in [0.15, 0.2) is 18.2 Å². The van der Waals surface area contributed by atoms with Crippen LogP contribution in [0.3, 0.4) is 0 Å². The van der Waals surface area contributed by atoms with Crippen molar-refractivity contribution < 1.29 is 13.0 Å². The Kier molecular flexibility index (Phi) is 4.11. The van der Waals surface area contributed by atoms with Crippen LogP contribution in [-0.2, 0) is 3.07 Å². The van der Waals surface area contributed by atoms with Gasteiger partial charge in [-0.1, -0.05) is 34.8 Å². The average molecular weight is 417 g/mol. The summed E-state index contributed by atoms with van der Waals surface area (Å²) in [5, 5.41) is 10.8. The van der Waals surface area contributed by atoms with E-state index in [0.717, 1.165) is 0 Å². The number of halogens is 4. The summed E-state index contributed by atoms with van der Waals surface area (Å²) in [6.07, 6.45) is 0. The van der Waals surface area contributed by atoms with Crippen molar-refractivity contribution >= 4 is 72.7 Å². The topological polar surface area (TPSA) is 54.4 Å². The predicted molar refractivity (Wildman–Crippen MR) is 79.3 cm³/mol. The molecule has 7 heteroatoms. The lowest BCUT2D eigenvalue weighted by atomic mass is 10.1. The molecular formula is C11H4Cl3IO3. The van der Waals surface area contributed by atoms with Crippen molar-refractivity contribution in [3.05, 3.63) is 42.4 Å². The minimum atomic E-state index is -1.62. The normalized spacial score (nSPS) is 10.8. The molecule has 0 saturated carbocycles. The van der Waals surface area contributed by atoms with Gasteiger partial charge in [-0.2, -0.15) is 0 Å². The van der Waals surface area contributed by atoms with Gasteiger partial charge in [-0.25, -0.2) is 4.79 Å². The molecule has 94 valence electrons. The number of benzene rings is 2. The Morgan fingerprint density at radius 3 is 2.33 bits per heavy atom. The molecule has 0 aliphatic carbocycles. The Bertz CT molecular complexity index is 685. The second-order valence-corrected chi connectivity index (χ2v) is 6.19. The lowest BCUT2D eigenvalue weighted by molar-refractivity contribution is 0.0696. The lowest BCUT2D eigenvalue weighted by Crippen LogP contribution is -2.00. The Labute approximate surface area is 127 Å². The molecule has 0 radical (unpaired) electrons. The fourth-order valence-corrected chi connectivity index (χ4v) is 3.29. The quantitative estimate of drug-likeness (QED) is 0.554. The van der Waals surface area contributed by atoms with Gasteiger partial charge in [0.05, 0.1) is 24.2 Å². The summed E-state index contributed by atoms with van der Waals surface area (Å²) in [6.45, 7) is 0. The second-order valence-electron chi connectivity index (χ2n) is 3.42. The van der Waals surface area contributed by atoms with Gasteiger partial charge in [-0.3, -0.25) is 3.07 Å². The third-order valence-corrected chi connectivity index (χ3v) is 5.02. The van der Waals surface area contributed by atoms with Crippen LogP contribution in [0.4, 0.5) is 0 Å². The molecule has 0 aromatic heterocycles. The number of carboxylic acid groups (broad SMARTS) is 1. The van der Waals surface area contributed by atoms with Gasteiger partial charge in [0, 0.05) is 5.39 Å². The van der Waals surface area contributed by atoms with Crippen LogP contribution in [-0.4, -0.2) is 11.1 Å². The van der Waals surface area contributed by atoms with Gasteiger partial charge in [-0.15, -0.1) is 0 Å². The molecule has 0 heterocycles. The van der Waals surface area contributed by atoms with E-state index >= 15 is 0 Å². The van der Waals surface area contributed by atoms with E-state index in [-0.39, 0.29) is 24.2 Å². The molecule has 0 amide bonds. The number of hydrogen-bond acceptors (Lipinski definition) is 2. The maximum Gasteiger partial charge on any atom is 0.336 e. The average Bonchev–Trinajstić information content (AvgIpc) is 2.34. The SMILES string of the molecule is O=Ic1cc2c(Cl)c(Cl)c(Cl)cc2cc1C(=O)O. The fraction of sp³-hybridized carbons (Fsp3) is 0. The first-order valence-corrected chi connectivity index (χ1v) is 7.66. The van der Waals surface area contributed by atoms with Crippen molar-refractivity contribution in [1.29, 1.82) is 0 Å². The standard InChI is InChI=1S/C11H4Cl3IO3/c12-7-2-4-1-6(11(16)17)8(15-18)3-5(4)9(13)10(7)14/h1-3H,(H,16,17). The first kappa shape index (κ1) is 14.0. The molecule has 0 bridgehead atoms. The van der Waals surface area contributed by atoms with Crippen LogP contribution in [0.5, 0.6) is 0 Å².